The van der Waals surface area contributed by atoms with Crippen molar-refractivity contribution in [2.45, 2.75) is 45.1 Å². The van der Waals surface area contributed by atoms with Crippen molar-refractivity contribution in [2.75, 3.05) is 0 Å². The highest BCUT2D eigenvalue weighted by molar-refractivity contribution is 9.10. The molecular formula is C16H18BrNO2. The van der Waals surface area contributed by atoms with Gasteiger partial charge in [0, 0.05) is 16.1 Å². The molecule has 0 saturated heterocycles. The van der Waals surface area contributed by atoms with Crippen molar-refractivity contribution in [3.63, 3.8) is 0 Å². The molecule has 1 saturated carbocycles. The van der Waals surface area contributed by atoms with Crippen molar-refractivity contribution in [1.82, 2.24) is 4.57 Å². The number of carbonyl (C=O) groups excluding carboxylic acids is 1. The van der Waals surface area contributed by atoms with E-state index in [1.54, 1.807) is 4.57 Å². The van der Waals surface area contributed by atoms with E-state index in [2.05, 4.69) is 28.1 Å². The van der Waals surface area contributed by atoms with Gasteiger partial charge in [0.15, 0.2) is 0 Å². The van der Waals surface area contributed by atoms with E-state index in [1.165, 1.54) is 18.4 Å². The average molecular weight is 336 g/mol. The number of aromatic nitrogens is 1. The van der Waals surface area contributed by atoms with Crippen LogP contribution in [0.1, 0.15) is 45.1 Å². The third kappa shape index (κ3) is 2.49. The molecule has 20 heavy (non-hydrogen) atoms. The standard InChI is InChI=1S/C16H18BrNO2/c1-16(2,3)20-15(19)18-9-13(17)12-6-4-5-11(14(12)18)10-7-8-10/h4-6,9-10H,7-8H2,1-3H3. The van der Waals surface area contributed by atoms with Crippen LogP contribution >= 0.6 is 15.9 Å². The molecule has 0 atom stereocenters. The second kappa shape index (κ2) is 4.62. The van der Waals surface area contributed by atoms with Crippen LogP contribution in [0.2, 0.25) is 0 Å². The molecule has 1 aromatic carbocycles. The lowest BCUT2D eigenvalue weighted by molar-refractivity contribution is 0.0544. The maximum Gasteiger partial charge on any atom is 0.419 e. The minimum Gasteiger partial charge on any atom is -0.443 e. The molecule has 0 unspecified atom stereocenters. The van der Waals surface area contributed by atoms with Gasteiger partial charge in [0.1, 0.15) is 5.60 Å². The first-order valence-corrected chi connectivity index (χ1v) is 7.69. The number of hydrogen-bond acceptors (Lipinski definition) is 2. The van der Waals surface area contributed by atoms with Gasteiger partial charge in [-0.05, 0) is 61.0 Å². The first-order chi connectivity index (χ1) is 9.37. The molecule has 1 aliphatic rings. The molecule has 0 aliphatic heterocycles. The molecule has 0 amide bonds. The zero-order chi connectivity index (χ0) is 14.5. The maximum atomic E-state index is 12.4. The van der Waals surface area contributed by atoms with E-state index >= 15 is 0 Å². The van der Waals surface area contributed by atoms with E-state index in [0.717, 1.165) is 15.4 Å². The highest BCUT2D eigenvalue weighted by Gasteiger charge is 2.29. The van der Waals surface area contributed by atoms with Crippen molar-refractivity contribution < 1.29 is 9.53 Å². The number of nitrogens with zero attached hydrogens (tertiary/aromatic N) is 1. The van der Waals surface area contributed by atoms with E-state index < -0.39 is 5.60 Å². The molecule has 0 radical (unpaired) electrons. The van der Waals surface area contributed by atoms with Crippen LogP contribution in [0.15, 0.2) is 28.9 Å². The average Bonchev–Trinajstić information content (AvgIpc) is 3.12. The van der Waals surface area contributed by atoms with Crippen LogP contribution in [0.4, 0.5) is 4.79 Å². The van der Waals surface area contributed by atoms with Gasteiger partial charge < -0.3 is 4.74 Å². The van der Waals surface area contributed by atoms with Gasteiger partial charge in [-0.3, -0.25) is 4.57 Å². The molecule has 2 aromatic rings. The van der Waals surface area contributed by atoms with Crippen LogP contribution in [0.3, 0.4) is 0 Å². The van der Waals surface area contributed by atoms with Gasteiger partial charge in [0.25, 0.3) is 0 Å². The predicted octanol–water partition coefficient (Wildman–Crippen LogP) is 5.06. The maximum absolute atomic E-state index is 12.4. The van der Waals surface area contributed by atoms with Gasteiger partial charge in [-0.15, -0.1) is 0 Å². The van der Waals surface area contributed by atoms with Crippen LogP contribution in [0.25, 0.3) is 10.9 Å². The van der Waals surface area contributed by atoms with Gasteiger partial charge in [0.2, 0.25) is 0 Å². The van der Waals surface area contributed by atoms with Crippen molar-refractivity contribution in [1.29, 1.82) is 0 Å². The van der Waals surface area contributed by atoms with E-state index in [0.29, 0.717) is 5.92 Å². The van der Waals surface area contributed by atoms with E-state index in [-0.39, 0.29) is 6.09 Å². The molecule has 3 nitrogen and oxygen atoms in total. The van der Waals surface area contributed by atoms with Gasteiger partial charge >= 0.3 is 6.09 Å². The number of carbonyl (C=O) groups is 1. The molecule has 3 rings (SSSR count). The fraction of sp³-hybridized carbons (Fsp3) is 0.438. The summed E-state index contributed by atoms with van der Waals surface area (Å²) in [5.74, 6) is 0.585. The van der Waals surface area contributed by atoms with Gasteiger partial charge in [-0.25, -0.2) is 4.79 Å². The quantitative estimate of drug-likeness (QED) is 0.728. The zero-order valence-electron chi connectivity index (χ0n) is 11.9. The molecular weight excluding hydrogens is 318 g/mol. The lowest BCUT2D eigenvalue weighted by atomic mass is 10.1. The number of ether oxygens (including phenoxy) is 1. The summed E-state index contributed by atoms with van der Waals surface area (Å²) in [5, 5.41) is 1.07. The summed E-state index contributed by atoms with van der Waals surface area (Å²) in [6.07, 6.45) is 3.90. The number of halogens is 1. The summed E-state index contributed by atoms with van der Waals surface area (Å²) in [4.78, 5) is 12.4. The first-order valence-electron chi connectivity index (χ1n) is 6.89. The summed E-state index contributed by atoms with van der Waals surface area (Å²) in [5.41, 5.74) is 1.74. The Morgan fingerprint density at radius 1 is 1.35 bits per heavy atom. The van der Waals surface area contributed by atoms with Crippen LogP contribution < -0.4 is 0 Å². The largest absolute Gasteiger partial charge is 0.443 e. The molecule has 1 aromatic heterocycles. The molecule has 0 bridgehead atoms. The van der Waals surface area contributed by atoms with Crippen LogP contribution in [-0.2, 0) is 4.74 Å². The SMILES string of the molecule is CC(C)(C)OC(=O)n1cc(Br)c2cccc(C3CC3)c21. The summed E-state index contributed by atoms with van der Waals surface area (Å²) in [7, 11) is 0. The summed E-state index contributed by atoms with van der Waals surface area (Å²) < 4.78 is 8.07. The monoisotopic (exact) mass is 335 g/mol. The number of hydrogen-bond donors (Lipinski definition) is 0. The lowest BCUT2D eigenvalue weighted by Crippen LogP contribution is -2.26. The number of benzene rings is 1. The Labute approximate surface area is 127 Å². The fourth-order valence-corrected chi connectivity index (χ4v) is 2.97. The van der Waals surface area contributed by atoms with Crippen molar-refractivity contribution in [3.8, 4) is 0 Å². The lowest BCUT2D eigenvalue weighted by Gasteiger charge is -2.20. The van der Waals surface area contributed by atoms with E-state index in [9.17, 15) is 4.79 Å². The predicted molar refractivity (Wildman–Crippen MR) is 83.2 cm³/mol. The Kier molecular flexibility index (Phi) is 3.16. The Morgan fingerprint density at radius 2 is 2.05 bits per heavy atom. The first kappa shape index (κ1) is 13.7. The van der Waals surface area contributed by atoms with Gasteiger partial charge in [0.05, 0.1) is 5.52 Å². The Morgan fingerprint density at radius 3 is 2.65 bits per heavy atom. The van der Waals surface area contributed by atoms with Crippen LogP contribution in [-0.4, -0.2) is 16.3 Å². The van der Waals surface area contributed by atoms with Crippen molar-refractivity contribution in [2.24, 2.45) is 0 Å². The number of para-hydroxylation sites is 1. The molecule has 0 spiro atoms. The second-order valence-corrected chi connectivity index (χ2v) is 7.20. The minimum absolute atomic E-state index is 0.318. The van der Waals surface area contributed by atoms with Crippen LogP contribution in [0.5, 0.6) is 0 Å². The Bertz CT molecular complexity index is 678. The van der Waals surface area contributed by atoms with Crippen LogP contribution in [0, 0.1) is 0 Å². The highest BCUT2D eigenvalue weighted by Crippen LogP contribution is 2.44. The summed E-state index contributed by atoms with van der Waals surface area (Å²) in [6.45, 7) is 5.65. The van der Waals surface area contributed by atoms with Crippen molar-refractivity contribution in [3.05, 3.63) is 34.4 Å². The zero-order valence-corrected chi connectivity index (χ0v) is 13.5. The summed E-state index contributed by atoms with van der Waals surface area (Å²) >= 11 is 3.54. The number of rotatable bonds is 1. The van der Waals surface area contributed by atoms with E-state index in [4.69, 9.17) is 4.74 Å². The molecule has 106 valence electrons. The molecule has 1 fully saturated rings. The Hall–Kier alpha value is -1.29. The minimum atomic E-state index is -0.491. The highest BCUT2D eigenvalue weighted by atomic mass is 79.9. The third-order valence-corrected chi connectivity index (χ3v) is 4.05. The molecule has 1 aliphatic carbocycles. The van der Waals surface area contributed by atoms with Gasteiger partial charge in [-0.2, -0.15) is 0 Å². The van der Waals surface area contributed by atoms with Gasteiger partial charge in [-0.1, -0.05) is 18.2 Å². The third-order valence-electron chi connectivity index (χ3n) is 3.42. The topological polar surface area (TPSA) is 31.2 Å². The normalized spacial score (nSPS) is 15.6. The molecule has 0 N–H and O–H groups in total. The number of fused-ring (bicyclic) bond motifs is 1. The smallest absolute Gasteiger partial charge is 0.419 e. The second-order valence-electron chi connectivity index (χ2n) is 6.35. The summed E-state index contributed by atoms with van der Waals surface area (Å²) in [6, 6.07) is 6.21. The van der Waals surface area contributed by atoms with E-state index in [1.807, 2.05) is 33.0 Å². The molecule has 4 heteroatoms. The molecule has 1 heterocycles. The van der Waals surface area contributed by atoms with Crippen molar-refractivity contribution >= 4 is 32.9 Å². The Balaban J connectivity index is 2.13. The fourth-order valence-electron chi connectivity index (χ4n) is 2.45.